The number of hydrogen-bond donors (Lipinski definition) is 2. The molecular weight excluding hydrogens is 304 g/mol. The number of urea groups is 1. The zero-order chi connectivity index (χ0) is 15.5. The Morgan fingerprint density at radius 3 is 2.82 bits per heavy atom. The van der Waals surface area contributed by atoms with Crippen LogP contribution in [0.5, 0.6) is 0 Å². The van der Waals surface area contributed by atoms with Gasteiger partial charge in [-0.1, -0.05) is 18.2 Å². The molecule has 0 aliphatic carbocycles. The number of aromatic nitrogens is 2. The van der Waals surface area contributed by atoms with E-state index in [4.69, 9.17) is 11.6 Å². The molecule has 0 fully saturated rings. The maximum atomic E-state index is 12.5. The number of amides is 2. The molecule has 1 aliphatic heterocycles. The summed E-state index contributed by atoms with van der Waals surface area (Å²) in [6.07, 6.45) is 0.638. The Kier molecular flexibility index (Phi) is 4.20. The number of hydrogen-bond acceptors (Lipinski definition) is 2. The third-order valence-electron chi connectivity index (χ3n) is 3.73. The van der Waals surface area contributed by atoms with Gasteiger partial charge in [0.1, 0.15) is 0 Å². The normalized spacial score (nSPS) is 13.8. The number of alkyl halides is 1. The van der Waals surface area contributed by atoms with E-state index in [1.54, 1.807) is 4.90 Å². The van der Waals surface area contributed by atoms with Gasteiger partial charge in [0, 0.05) is 31.1 Å². The first-order valence-corrected chi connectivity index (χ1v) is 7.71. The molecule has 1 aliphatic rings. The molecule has 6 nitrogen and oxygen atoms in total. The van der Waals surface area contributed by atoms with Crippen LogP contribution >= 0.6 is 11.6 Å². The van der Waals surface area contributed by atoms with Crippen LogP contribution in [0.4, 0.5) is 4.79 Å². The van der Waals surface area contributed by atoms with Gasteiger partial charge < -0.3 is 10.2 Å². The SMILES string of the molecule is O=C(NCCCl)N1CCc2[nH]n(-c3ccccc3)c(=O)c2C1. The summed E-state index contributed by atoms with van der Waals surface area (Å²) >= 11 is 5.57. The topological polar surface area (TPSA) is 70.1 Å². The number of para-hydroxylation sites is 1. The Balaban J connectivity index is 1.85. The van der Waals surface area contributed by atoms with Gasteiger partial charge in [0.15, 0.2) is 0 Å². The molecule has 0 bridgehead atoms. The summed E-state index contributed by atoms with van der Waals surface area (Å²) in [5, 5.41) is 5.87. The van der Waals surface area contributed by atoms with E-state index >= 15 is 0 Å². The number of rotatable bonds is 3. The average molecular weight is 321 g/mol. The summed E-state index contributed by atoms with van der Waals surface area (Å²) < 4.78 is 1.53. The Morgan fingerprint density at radius 2 is 2.09 bits per heavy atom. The zero-order valence-corrected chi connectivity index (χ0v) is 12.8. The van der Waals surface area contributed by atoms with Crippen molar-refractivity contribution in [3.8, 4) is 5.69 Å². The molecule has 7 heteroatoms. The van der Waals surface area contributed by atoms with Crippen LogP contribution in [-0.4, -0.2) is 39.7 Å². The number of halogens is 1. The molecule has 0 unspecified atom stereocenters. The molecule has 2 amide bonds. The predicted molar refractivity (Wildman–Crippen MR) is 84.6 cm³/mol. The van der Waals surface area contributed by atoms with Crippen LogP contribution in [-0.2, 0) is 13.0 Å². The fourth-order valence-electron chi connectivity index (χ4n) is 2.60. The second-order valence-corrected chi connectivity index (χ2v) is 5.52. The zero-order valence-electron chi connectivity index (χ0n) is 12.0. The molecule has 0 spiro atoms. The minimum Gasteiger partial charge on any atom is -0.337 e. The van der Waals surface area contributed by atoms with E-state index in [2.05, 4.69) is 10.4 Å². The van der Waals surface area contributed by atoms with Crippen molar-refractivity contribution >= 4 is 17.6 Å². The molecule has 2 heterocycles. The first-order chi connectivity index (χ1) is 10.7. The van der Waals surface area contributed by atoms with Gasteiger partial charge in [0.25, 0.3) is 5.56 Å². The number of nitrogens with one attached hydrogen (secondary N) is 2. The van der Waals surface area contributed by atoms with E-state index in [0.717, 1.165) is 11.4 Å². The van der Waals surface area contributed by atoms with Gasteiger partial charge in [-0.2, -0.15) is 0 Å². The van der Waals surface area contributed by atoms with Gasteiger partial charge in [-0.05, 0) is 12.1 Å². The molecule has 0 saturated carbocycles. The first kappa shape index (κ1) is 14.7. The number of H-pyrrole nitrogens is 1. The highest BCUT2D eigenvalue weighted by Crippen LogP contribution is 2.15. The van der Waals surface area contributed by atoms with Crippen molar-refractivity contribution in [3.63, 3.8) is 0 Å². The van der Waals surface area contributed by atoms with Crippen molar-refractivity contribution in [1.82, 2.24) is 20.0 Å². The molecule has 116 valence electrons. The van der Waals surface area contributed by atoms with Crippen LogP contribution < -0.4 is 10.9 Å². The van der Waals surface area contributed by atoms with E-state index in [9.17, 15) is 9.59 Å². The van der Waals surface area contributed by atoms with E-state index in [0.29, 0.717) is 37.5 Å². The van der Waals surface area contributed by atoms with Crippen molar-refractivity contribution in [2.45, 2.75) is 13.0 Å². The highest BCUT2D eigenvalue weighted by atomic mass is 35.5. The summed E-state index contributed by atoms with van der Waals surface area (Å²) in [5.74, 6) is 0.371. The number of aromatic amines is 1. The second kappa shape index (κ2) is 6.27. The molecule has 0 atom stereocenters. The van der Waals surface area contributed by atoms with Crippen molar-refractivity contribution in [1.29, 1.82) is 0 Å². The number of benzene rings is 1. The van der Waals surface area contributed by atoms with Crippen LogP contribution in [0.15, 0.2) is 35.1 Å². The van der Waals surface area contributed by atoms with Gasteiger partial charge in [-0.25, -0.2) is 9.48 Å². The van der Waals surface area contributed by atoms with Crippen LogP contribution in [0.1, 0.15) is 11.3 Å². The lowest BCUT2D eigenvalue weighted by Gasteiger charge is -2.26. The molecule has 1 aromatic heterocycles. The molecule has 1 aromatic carbocycles. The highest BCUT2D eigenvalue weighted by molar-refractivity contribution is 6.18. The van der Waals surface area contributed by atoms with E-state index in [-0.39, 0.29) is 11.6 Å². The third-order valence-corrected chi connectivity index (χ3v) is 3.91. The fourth-order valence-corrected chi connectivity index (χ4v) is 2.70. The Morgan fingerprint density at radius 1 is 1.32 bits per heavy atom. The number of carbonyl (C=O) groups excluding carboxylic acids is 1. The smallest absolute Gasteiger partial charge is 0.317 e. The van der Waals surface area contributed by atoms with Gasteiger partial charge >= 0.3 is 6.03 Å². The molecule has 3 rings (SSSR count). The summed E-state index contributed by atoms with van der Waals surface area (Å²) in [6.45, 7) is 1.32. The summed E-state index contributed by atoms with van der Waals surface area (Å²) in [4.78, 5) is 26.2. The van der Waals surface area contributed by atoms with E-state index < -0.39 is 0 Å². The Hall–Kier alpha value is -2.21. The van der Waals surface area contributed by atoms with Gasteiger partial charge in [-0.15, -0.1) is 11.6 Å². The first-order valence-electron chi connectivity index (χ1n) is 7.17. The van der Waals surface area contributed by atoms with Gasteiger partial charge in [0.05, 0.1) is 17.8 Å². The second-order valence-electron chi connectivity index (χ2n) is 5.14. The lowest BCUT2D eigenvalue weighted by Crippen LogP contribution is -2.44. The Bertz CT molecular complexity index is 723. The van der Waals surface area contributed by atoms with Crippen molar-refractivity contribution < 1.29 is 4.79 Å². The van der Waals surface area contributed by atoms with E-state index in [1.165, 1.54) is 4.68 Å². The predicted octanol–water partition coefficient (Wildman–Crippen LogP) is 1.47. The molecule has 2 aromatic rings. The minimum absolute atomic E-state index is 0.101. The van der Waals surface area contributed by atoms with Crippen LogP contribution in [0.2, 0.25) is 0 Å². The Labute approximate surface area is 132 Å². The molecule has 22 heavy (non-hydrogen) atoms. The summed E-state index contributed by atoms with van der Waals surface area (Å²) in [6, 6.07) is 9.22. The van der Waals surface area contributed by atoms with Crippen molar-refractivity contribution in [3.05, 3.63) is 51.9 Å². The minimum atomic E-state index is -0.182. The maximum absolute atomic E-state index is 12.5. The van der Waals surface area contributed by atoms with Crippen LogP contribution in [0.25, 0.3) is 5.69 Å². The number of carbonyl (C=O) groups is 1. The summed E-state index contributed by atoms with van der Waals surface area (Å²) in [7, 11) is 0. The van der Waals surface area contributed by atoms with Crippen molar-refractivity contribution in [2.75, 3.05) is 19.0 Å². The van der Waals surface area contributed by atoms with E-state index in [1.807, 2.05) is 30.3 Å². The number of fused-ring (bicyclic) bond motifs is 1. The quantitative estimate of drug-likeness (QED) is 0.841. The van der Waals surface area contributed by atoms with Crippen LogP contribution in [0.3, 0.4) is 0 Å². The lowest BCUT2D eigenvalue weighted by molar-refractivity contribution is 0.192. The van der Waals surface area contributed by atoms with Crippen molar-refractivity contribution in [2.24, 2.45) is 0 Å². The molecular formula is C15H17ClN4O2. The van der Waals surface area contributed by atoms with Gasteiger partial charge in [0.2, 0.25) is 0 Å². The molecule has 0 saturated heterocycles. The molecule has 2 N–H and O–H groups in total. The molecule has 0 radical (unpaired) electrons. The fraction of sp³-hybridized carbons (Fsp3) is 0.333. The standard InChI is InChI=1S/C15H17ClN4O2/c16-7-8-17-15(22)19-9-6-13-12(10-19)14(21)20(18-13)11-4-2-1-3-5-11/h1-5,18H,6-10H2,(H,17,22). The highest BCUT2D eigenvalue weighted by Gasteiger charge is 2.25. The summed E-state index contributed by atoms with van der Waals surface area (Å²) in [5.41, 5.74) is 2.24. The average Bonchev–Trinajstić information content (AvgIpc) is 2.90. The van der Waals surface area contributed by atoms with Gasteiger partial charge in [-0.3, -0.25) is 9.89 Å². The lowest BCUT2D eigenvalue weighted by atomic mass is 10.1. The number of nitrogens with zero attached hydrogens (tertiary/aromatic N) is 2. The third kappa shape index (κ3) is 2.74. The van der Waals surface area contributed by atoms with Crippen LogP contribution in [0, 0.1) is 0 Å². The maximum Gasteiger partial charge on any atom is 0.317 e. The monoisotopic (exact) mass is 320 g/mol. The largest absolute Gasteiger partial charge is 0.337 e.